The summed E-state index contributed by atoms with van der Waals surface area (Å²) in [5.74, 6) is 1.70. The molecule has 1 aliphatic rings. The standard InChI is InChI=1S/C16H25NO2/c1-4-10-17-13-6-5-7-14(13)19-15-9-8-12(2)11-16(15)18-3/h8-9,11,13-14,17H,4-7,10H2,1-3H3. The van der Waals surface area contributed by atoms with Gasteiger partial charge in [0.1, 0.15) is 6.10 Å². The van der Waals surface area contributed by atoms with E-state index in [9.17, 15) is 0 Å². The molecule has 1 fully saturated rings. The summed E-state index contributed by atoms with van der Waals surface area (Å²) in [6.45, 7) is 5.32. The largest absolute Gasteiger partial charge is 0.493 e. The summed E-state index contributed by atoms with van der Waals surface area (Å²) < 4.78 is 11.6. The highest BCUT2D eigenvalue weighted by Crippen LogP contribution is 2.32. The molecule has 0 radical (unpaired) electrons. The minimum absolute atomic E-state index is 0.267. The Labute approximate surface area is 116 Å². The molecule has 0 bridgehead atoms. The van der Waals surface area contributed by atoms with Gasteiger partial charge in [0.25, 0.3) is 0 Å². The summed E-state index contributed by atoms with van der Waals surface area (Å²) in [4.78, 5) is 0. The van der Waals surface area contributed by atoms with Gasteiger partial charge in [-0.05, 0) is 56.8 Å². The fourth-order valence-electron chi connectivity index (χ4n) is 2.67. The number of nitrogens with one attached hydrogen (secondary N) is 1. The van der Waals surface area contributed by atoms with Crippen molar-refractivity contribution in [2.45, 2.75) is 51.7 Å². The van der Waals surface area contributed by atoms with Gasteiger partial charge in [0.2, 0.25) is 0 Å². The number of rotatable bonds is 6. The van der Waals surface area contributed by atoms with Gasteiger partial charge in [-0.2, -0.15) is 0 Å². The highest BCUT2D eigenvalue weighted by molar-refractivity contribution is 5.42. The van der Waals surface area contributed by atoms with Crippen LogP contribution < -0.4 is 14.8 Å². The van der Waals surface area contributed by atoms with Crippen LogP contribution in [0.4, 0.5) is 0 Å². The number of hydrogen-bond acceptors (Lipinski definition) is 3. The molecule has 1 aliphatic carbocycles. The number of hydrogen-bond donors (Lipinski definition) is 1. The number of benzene rings is 1. The molecule has 1 aromatic rings. The molecule has 3 nitrogen and oxygen atoms in total. The van der Waals surface area contributed by atoms with Crippen molar-refractivity contribution in [1.29, 1.82) is 0 Å². The van der Waals surface area contributed by atoms with Crippen LogP contribution in [-0.2, 0) is 0 Å². The van der Waals surface area contributed by atoms with E-state index in [1.807, 2.05) is 12.1 Å². The van der Waals surface area contributed by atoms with E-state index >= 15 is 0 Å². The predicted molar refractivity (Wildman–Crippen MR) is 78.1 cm³/mol. The predicted octanol–water partition coefficient (Wildman–Crippen LogP) is 3.30. The second-order valence-corrected chi connectivity index (χ2v) is 5.30. The van der Waals surface area contributed by atoms with Gasteiger partial charge in [-0.15, -0.1) is 0 Å². The lowest BCUT2D eigenvalue weighted by molar-refractivity contribution is 0.168. The van der Waals surface area contributed by atoms with E-state index < -0.39 is 0 Å². The summed E-state index contributed by atoms with van der Waals surface area (Å²) in [5, 5.41) is 3.58. The minimum atomic E-state index is 0.267. The first-order valence-corrected chi connectivity index (χ1v) is 7.29. The number of ether oxygens (including phenoxy) is 2. The highest BCUT2D eigenvalue weighted by atomic mass is 16.5. The third-order valence-corrected chi connectivity index (χ3v) is 3.71. The van der Waals surface area contributed by atoms with Crippen LogP contribution in [0.5, 0.6) is 11.5 Å². The van der Waals surface area contributed by atoms with E-state index in [1.165, 1.54) is 18.4 Å². The zero-order chi connectivity index (χ0) is 13.7. The second-order valence-electron chi connectivity index (χ2n) is 5.30. The van der Waals surface area contributed by atoms with Gasteiger partial charge in [0.15, 0.2) is 11.5 Å². The van der Waals surface area contributed by atoms with Crippen LogP contribution in [0.15, 0.2) is 18.2 Å². The Hall–Kier alpha value is -1.22. The molecule has 2 rings (SSSR count). The summed E-state index contributed by atoms with van der Waals surface area (Å²) in [6, 6.07) is 6.59. The van der Waals surface area contributed by atoms with Crippen molar-refractivity contribution in [3.05, 3.63) is 23.8 Å². The maximum Gasteiger partial charge on any atom is 0.161 e. The van der Waals surface area contributed by atoms with Crippen molar-refractivity contribution in [2.75, 3.05) is 13.7 Å². The van der Waals surface area contributed by atoms with E-state index in [0.717, 1.165) is 30.9 Å². The zero-order valence-corrected chi connectivity index (χ0v) is 12.2. The average molecular weight is 263 g/mol. The van der Waals surface area contributed by atoms with E-state index in [2.05, 4.69) is 25.2 Å². The molecule has 3 heteroatoms. The normalized spacial score (nSPS) is 22.5. The number of methoxy groups -OCH3 is 1. The maximum atomic E-state index is 6.17. The summed E-state index contributed by atoms with van der Waals surface area (Å²) in [7, 11) is 1.70. The smallest absolute Gasteiger partial charge is 0.161 e. The molecule has 19 heavy (non-hydrogen) atoms. The average Bonchev–Trinajstić information content (AvgIpc) is 2.85. The molecule has 0 heterocycles. The van der Waals surface area contributed by atoms with Crippen molar-refractivity contribution >= 4 is 0 Å². The Morgan fingerprint density at radius 1 is 1.26 bits per heavy atom. The third kappa shape index (κ3) is 3.63. The van der Waals surface area contributed by atoms with Gasteiger partial charge in [-0.1, -0.05) is 13.0 Å². The van der Waals surface area contributed by atoms with Crippen molar-refractivity contribution in [3.63, 3.8) is 0 Å². The molecule has 0 saturated heterocycles. The van der Waals surface area contributed by atoms with Crippen LogP contribution in [0.25, 0.3) is 0 Å². The van der Waals surface area contributed by atoms with Crippen LogP contribution in [0.3, 0.4) is 0 Å². The Morgan fingerprint density at radius 3 is 2.84 bits per heavy atom. The van der Waals surface area contributed by atoms with Gasteiger partial charge in [0, 0.05) is 6.04 Å². The molecular weight excluding hydrogens is 238 g/mol. The fourth-order valence-corrected chi connectivity index (χ4v) is 2.67. The van der Waals surface area contributed by atoms with Crippen LogP contribution in [0, 0.1) is 6.92 Å². The molecular formula is C16H25NO2. The quantitative estimate of drug-likeness (QED) is 0.854. The summed E-state index contributed by atoms with van der Waals surface area (Å²) in [5.41, 5.74) is 1.19. The van der Waals surface area contributed by atoms with Gasteiger partial charge < -0.3 is 14.8 Å². The molecule has 0 aromatic heterocycles. The van der Waals surface area contributed by atoms with Gasteiger partial charge in [-0.25, -0.2) is 0 Å². The van der Waals surface area contributed by atoms with Crippen LogP contribution >= 0.6 is 0 Å². The Morgan fingerprint density at radius 2 is 2.11 bits per heavy atom. The van der Waals surface area contributed by atoms with Gasteiger partial charge in [-0.3, -0.25) is 0 Å². The molecule has 2 unspecified atom stereocenters. The molecule has 0 aliphatic heterocycles. The van der Waals surface area contributed by atoms with E-state index in [4.69, 9.17) is 9.47 Å². The van der Waals surface area contributed by atoms with Crippen LogP contribution in [0.1, 0.15) is 38.2 Å². The van der Waals surface area contributed by atoms with Crippen LogP contribution in [0.2, 0.25) is 0 Å². The first-order valence-electron chi connectivity index (χ1n) is 7.29. The van der Waals surface area contributed by atoms with Gasteiger partial charge in [0.05, 0.1) is 7.11 Å². The number of aryl methyl sites for hydroxylation is 1. The fraction of sp³-hybridized carbons (Fsp3) is 0.625. The molecule has 1 N–H and O–H groups in total. The Bertz CT molecular complexity index is 406. The second kappa shape index (κ2) is 6.80. The van der Waals surface area contributed by atoms with Crippen molar-refractivity contribution in [2.24, 2.45) is 0 Å². The van der Waals surface area contributed by atoms with Gasteiger partial charge >= 0.3 is 0 Å². The zero-order valence-electron chi connectivity index (χ0n) is 12.2. The SMILES string of the molecule is CCCNC1CCCC1Oc1ccc(C)cc1OC. The molecule has 0 amide bonds. The monoisotopic (exact) mass is 263 g/mol. The first kappa shape index (κ1) is 14.2. The molecule has 106 valence electrons. The highest BCUT2D eigenvalue weighted by Gasteiger charge is 2.29. The lowest BCUT2D eigenvalue weighted by Gasteiger charge is -2.23. The maximum absolute atomic E-state index is 6.17. The first-order chi connectivity index (χ1) is 9.24. The van der Waals surface area contributed by atoms with E-state index in [-0.39, 0.29) is 6.10 Å². The van der Waals surface area contributed by atoms with Crippen molar-refractivity contribution in [1.82, 2.24) is 5.32 Å². The molecule has 1 aromatic carbocycles. The lowest BCUT2D eigenvalue weighted by atomic mass is 10.2. The van der Waals surface area contributed by atoms with E-state index in [0.29, 0.717) is 6.04 Å². The summed E-state index contributed by atoms with van der Waals surface area (Å²) in [6.07, 6.45) is 5.00. The van der Waals surface area contributed by atoms with E-state index in [1.54, 1.807) is 7.11 Å². The third-order valence-electron chi connectivity index (χ3n) is 3.71. The van der Waals surface area contributed by atoms with Crippen molar-refractivity contribution in [3.8, 4) is 11.5 Å². The van der Waals surface area contributed by atoms with Crippen molar-refractivity contribution < 1.29 is 9.47 Å². The lowest BCUT2D eigenvalue weighted by Crippen LogP contribution is -2.39. The molecule has 0 spiro atoms. The minimum Gasteiger partial charge on any atom is -0.493 e. The Kier molecular flexibility index (Phi) is 5.08. The topological polar surface area (TPSA) is 30.5 Å². The molecule has 2 atom stereocenters. The molecule has 1 saturated carbocycles. The summed E-state index contributed by atoms with van der Waals surface area (Å²) >= 11 is 0. The van der Waals surface area contributed by atoms with Crippen LogP contribution in [-0.4, -0.2) is 25.8 Å². The Balaban J connectivity index is 2.03.